The number of carbonyl (C=O) groups is 1. The minimum atomic E-state index is -0.210. The van der Waals surface area contributed by atoms with Crippen LogP contribution in [0.3, 0.4) is 0 Å². The Morgan fingerprint density at radius 1 is 0.935 bits per heavy atom. The molecule has 7 nitrogen and oxygen atoms in total. The van der Waals surface area contributed by atoms with Crippen LogP contribution in [0.1, 0.15) is 36.7 Å². The highest BCUT2D eigenvalue weighted by atomic mass is 16.5. The normalized spacial score (nSPS) is 11.3. The van der Waals surface area contributed by atoms with E-state index in [4.69, 9.17) is 29.4 Å². The molecule has 168 valence electrons. The van der Waals surface area contributed by atoms with Gasteiger partial charge in [0.25, 0.3) is 0 Å². The lowest BCUT2D eigenvalue weighted by molar-refractivity contribution is 0.102. The van der Waals surface area contributed by atoms with Crippen LogP contribution in [0.4, 0.5) is 5.69 Å². The maximum atomic E-state index is 13.6. The Bertz CT molecular complexity index is 965. The van der Waals surface area contributed by atoms with Gasteiger partial charge in [0, 0.05) is 5.57 Å². The van der Waals surface area contributed by atoms with Crippen molar-refractivity contribution in [3.63, 3.8) is 0 Å². The summed E-state index contributed by atoms with van der Waals surface area (Å²) < 4.78 is 27.3. The van der Waals surface area contributed by atoms with Crippen LogP contribution in [0, 0.1) is 5.92 Å². The van der Waals surface area contributed by atoms with E-state index in [0.29, 0.717) is 46.4 Å². The van der Waals surface area contributed by atoms with Crippen molar-refractivity contribution in [2.75, 3.05) is 40.8 Å². The van der Waals surface area contributed by atoms with Crippen LogP contribution < -0.4 is 29.4 Å². The van der Waals surface area contributed by atoms with Gasteiger partial charge in [-0.05, 0) is 42.7 Å². The van der Waals surface area contributed by atoms with Crippen molar-refractivity contribution in [1.29, 1.82) is 0 Å². The molecule has 31 heavy (non-hydrogen) atoms. The van der Waals surface area contributed by atoms with Gasteiger partial charge in [-0.15, -0.1) is 0 Å². The maximum Gasteiger partial charge on any atom is 0.208 e. The molecule has 0 radical (unpaired) electrons. The number of anilines is 1. The fourth-order valence-corrected chi connectivity index (χ4v) is 3.27. The number of nitrogens with two attached hydrogens (primary N) is 1. The van der Waals surface area contributed by atoms with Crippen molar-refractivity contribution in [2.45, 2.75) is 20.8 Å². The van der Waals surface area contributed by atoms with E-state index in [1.165, 1.54) is 28.4 Å². The molecule has 0 fully saturated rings. The second-order valence-corrected chi connectivity index (χ2v) is 7.04. The fourth-order valence-electron chi connectivity index (χ4n) is 3.27. The summed E-state index contributed by atoms with van der Waals surface area (Å²) in [5.74, 6) is 1.64. The number of ether oxygens (including phenoxy) is 5. The van der Waals surface area contributed by atoms with Crippen LogP contribution in [-0.4, -0.2) is 40.8 Å². The number of nitrogen functional groups attached to an aromatic ring is 1. The third-order valence-corrected chi connectivity index (χ3v) is 4.77. The zero-order valence-electron chi connectivity index (χ0n) is 19.2. The van der Waals surface area contributed by atoms with Crippen LogP contribution in [-0.2, 0) is 0 Å². The van der Waals surface area contributed by atoms with Gasteiger partial charge in [-0.25, -0.2) is 0 Å². The monoisotopic (exact) mass is 429 g/mol. The summed E-state index contributed by atoms with van der Waals surface area (Å²) in [5.41, 5.74) is 8.30. The molecular weight excluding hydrogens is 398 g/mol. The van der Waals surface area contributed by atoms with Crippen molar-refractivity contribution < 1.29 is 28.5 Å². The molecule has 0 aliphatic heterocycles. The number of hydrogen-bond acceptors (Lipinski definition) is 7. The average molecular weight is 430 g/mol. The Labute approximate surface area is 183 Å². The number of ketones is 1. The lowest BCUT2D eigenvalue weighted by Gasteiger charge is -2.19. The first-order valence-electron chi connectivity index (χ1n) is 9.98. The lowest BCUT2D eigenvalue weighted by atomic mass is 9.91. The topological polar surface area (TPSA) is 89.2 Å². The summed E-state index contributed by atoms with van der Waals surface area (Å²) in [6.07, 6.45) is 1.82. The van der Waals surface area contributed by atoms with E-state index in [9.17, 15) is 4.79 Å². The van der Waals surface area contributed by atoms with Gasteiger partial charge in [-0.1, -0.05) is 19.9 Å². The van der Waals surface area contributed by atoms with E-state index in [1.807, 2.05) is 32.9 Å². The molecule has 0 aliphatic rings. The molecule has 0 bridgehead atoms. The van der Waals surface area contributed by atoms with Gasteiger partial charge in [0.15, 0.2) is 17.3 Å². The smallest absolute Gasteiger partial charge is 0.208 e. The summed E-state index contributed by atoms with van der Waals surface area (Å²) in [5, 5.41) is 0. The standard InChI is InChI=1S/C24H31NO6/c1-8-31-19-10-9-15(12-18(19)25)11-16(14(2)3)21(26)17-13-20(27-4)23(29-6)24(30-7)22(17)28-5/h9-14H,8,25H2,1-7H3. The highest BCUT2D eigenvalue weighted by Gasteiger charge is 2.27. The number of hydrogen-bond donors (Lipinski definition) is 1. The van der Waals surface area contributed by atoms with Gasteiger partial charge >= 0.3 is 0 Å². The van der Waals surface area contributed by atoms with Crippen LogP contribution in [0.25, 0.3) is 6.08 Å². The Kier molecular flexibility index (Phi) is 8.19. The third-order valence-electron chi connectivity index (χ3n) is 4.77. The minimum absolute atomic E-state index is 0.0657. The molecule has 0 aliphatic carbocycles. The summed E-state index contributed by atoms with van der Waals surface area (Å²) in [6, 6.07) is 7.05. The summed E-state index contributed by atoms with van der Waals surface area (Å²) >= 11 is 0. The van der Waals surface area contributed by atoms with Gasteiger partial charge in [0.05, 0.1) is 46.3 Å². The number of carbonyl (C=O) groups excluding carboxylic acids is 1. The van der Waals surface area contributed by atoms with Crippen LogP contribution in [0.2, 0.25) is 0 Å². The van der Waals surface area contributed by atoms with Gasteiger partial charge in [0.1, 0.15) is 5.75 Å². The van der Waals surface area contributed by atoms with E-state index in [-0.39, 0.29) is 17.5 Å². The van der Waals surface area contributed by atoms with Crippen molar-refractivity contribution in [2.24, 2.45) is 5.92 Å². The molecule has 0 amide bonds. The van der Waals surface area contributed by atoms with E-state index in [2.05, 4.69) is 0 Å². The molecule has 0 saturated heterocycles. The number of benzene rings is 2. The van der Waals surface area contributed by atoms with E-state index < -0.39 is 0 Å². The molecule has 0 saturated carbocycles. The number of Topliss-reactive ketones (excluding diaryl/α,β-unsaturated/α-hetero) is 1. The quantitative estimate of drug-likeness (QED) is 0.335. The first-order valence-corrected chi connectivity index (χ1v) is 9.98. The van der Waals surface area contributed by atoms with Crippen molar-refractivity contribution in [3.8, 4) is 28.7 Å². The summed E-state index contributed by atoms with van der Waals surface area (Å²) in [4.78, 5) is 13.6. The van der Waals surface area contributed by atoms with E-state index >= 15 is 0 Å². The molecule has 2 aromatic carbocycles. The van der Waals surface area contributed by atoms with Crippen molar-refractivity contribution in [3.05, 3.63) is 41.0 Å². The molecule has 2 N–H and O–H groups in total. The zero-order valence-corrected chi connectivity index (χ0v) is 19.2. The number of allylic oxidation sites excluding steroid dienone is 1. The van der Waals surface area contributed by atoms with Gasteiger partial charge < -0.3 is 29.4 Å². The molecule has 0 heterocycles. The number of methoxy groups -OCH3 is 4. The van der Waals surface area contributed by atoms with E-state index in [0.717, 1.165) is 5.56 Å². The molecule has 0 aromatic heterocycles. The first kappa shape index (κ1) is 23.9. The average Bonchev–Trinajstić information content (AvgIpc) is 2.76. The number of rotatable bonds is 10. The van der Waals surface area contributed by atoms with Crippen LogP contribution in [0.15, 0.2) is 29.8 Å². The van der Waals surface area contributed by atoms with E-state index in [1.54, 1.807) is 18.2 Å². The van der Waals surface area contributed by atoms with Gasteiger partial charge in [-0.2, -0.15) is 0 Å². The Morgan fingerprint density at radius 2 is 1.58 bits per heavy atom. The van der Waals surface area contributed by atoms with Gasteiger partial charge in [0.2, 0.25) is 11.5 Å². The summed E-state index contributed by atoms with van der Waals surface area (Å²) in [7, 11) is 5.96. The van der Waals surface area contributed by atoms with Crippen molar-refractivity contribution in [1.82, 2.24) is 0 Å². The second-order valence-electron chi connectivity index (χ2n) is 7.04. The Balaban J connectivity index is 2.63. The lowest BCUT2D eigenvalue weighted by Crippen LogP contribution is -2.12. The Morgan fingerprint density at radius 3 is 2.06 bits per heavy atom. The van der Waals surface area contributed by atoms with Crippen LogP contribution >= 0.6 is 0 Å². The minimum Gasteiger partial charge on any atom is -0.493 e. The highest BCUT2D eigenvalue weighted by molar-refractivity contribution is 6.14. The second kappa shape index (κ2) is 10.6. The molecule has 2 aromatic rings. The Hall–Kier alpha value is -3.35. The predicted octanol–water partition coefficient (Wildman–Crippen LogP) is 4.62. The summed E-state index contributed by atoms with van der Waals surface area (Å²) in [6.45, 7) is 6.32. The largest absolute Gasteiger partial charge is 0.493 e. The molecule has 0 atom stereocenters. The molecule has 0 unspecified atom stereocenters. The van der Waals surface area contributed by atoms with Gasteiger partial charge in [-0.3, -0.25) is 4.79 Å². The predicted molar refractivity (Wildman–Crippen MR) is 122 cm³/mol. The first-order chi connectivity index (χ1) is 14.8. The third kappa shape index (κ3) is 5.05. The molecule has 7 heteroatoms. The highest BCUT2D eigenvalue weighted by Crippen LogP contribution is 2.47. The molecule has 2 rings (SSSR count). The maximum absolute atomic E-state index is 13.6. The fraction of sp³-hybridized carbons (Fsp3) is 0.375. The van der Waals surface area contributed by atoms with Crippen LogP contribution in [0.5, 0.6) is 28.7 Å². The van der Waals surface area contributed by atoms with Crippen molar-refractivity contribution >= 4 is 17.5 Å². The molecular formula is C24H31NO6. The molecule has 0 spiro atoms. The SMILES string of the molecule is CCOc1ccc(C=C(C(=O)c2cc(OC)c(OC)c(OC)c2OC)C(C)C)cc1N. The zero-order chi connectivity index (χ0) is 23.1.